The molecule has 0 saturated carbocycles. The Balaban J connectivity index is 2.25. The number of aryl methyl sites for hydroxylation is 1. The number of benzene rings is 2. The predicted molar refractivity (Wildman–Crippen MR) is 79.9 cm³/mol. The van der Waals surface area contributed by atoms with Crippen LogP contribution in [-0.2, 0) is 0 Å². The van der Waals surface area contributed by atoms with E-state index in [0.29, 0.717) is 20.7 Å². The van der Waals surface area contributed by atoms with Crippen molar-refractivity contribution in [3.63, 3.8) is 0 Å². The van der Waals surface area contributed by atoms with Crippen LogP contribution < -0.4 is 5.32 Å². The molecule has 0 spiro atoms. The maximum Gasteiger partial charge on any atom is 0.256 e. The highest BCUT2D eigenvalue weighted by Gasteiger charge is 2.12. The fraction of sp³-hybridized carbons (Fsp3) is 0.0714. The molecule has 0 atom stereocenters. The minimum Gasteiger partial charge on any atom is -0.506 e. The second kappa shape index (κ2) is 5.63. The summed E-state index contributed by atoms with van der Waals surface area (Å²) in [6.07, 6.45) is 0. The molecule has 5 heteroatoms. The van der Waals surface area contributed by atoms with Gasteiger partial charge in [0, 0.05) is 9.50 Å². The van der Waals surface area contributed by atoms with Crippen molar-refractivity contribution >= 4 is 39.1 Å². The van der Waals surface area contributed by atoms with Gasteiger partial charge in [0.2, 0.25) is 0 Å². The fourth-order valence-corrected chi connectivity index (χ4v) is 2.47. The third-order valence-corrected chi connectivity index (χ3v) is 3.47. The molecule has 0 aliphatic heterocycles. The van der Waals surface area contributed by atoms with Crippen molar-refractivity contribution in [1.82, 2.24) is 0 Å². The van der Waals surface area contributed by atoms with Crippen molar-refractivity contribution in [3.05, 3.63) is 57.0 Å². The largest absolute Gasteiger partial charge is 0.506 e. The average Bonchev–Trinajstić information content (AvgIpc) is 2.32. The van der Waals surface area contributed by atoms with Crippen molar-refractivity contribution in [2.24, 2.45) is 0 Å². The van der Waals surface area contributed by atoms with Crippen LogP contribution in [-0.4, -0.2) is 11.0 Å². The Bertz CT molecular complexity index is 643. The van der Waals surface area contributed by atoms with E-state index in [4.69, 9.17) is 11.6 Å². The van der Waals surface area contributed by atoms with Crippen molar-refractivity contribution in [2.75, 3.05) is 5.32 Å². The average molecular weight is 341 g/mol. The summed E-state index contributed by atoms with van der Waals surface area (Å²) < 4.78 is 0.601. The van der Waals surface area contributed by atoms with Gasteiger partial charge in [-0.05, 0) is 58.7 Å². The highest BCUT2D eigenvalue weighted by molar-refractivity contribution is 9.10. The number of carbonyl (C=O) groups excluding carboxylic acids is 1. The molecule has 2 N–H and O–H groups in total. The zero-order valence-corrected chi connectivity index (χ0v) is 12.4. The molecule has 1 amide bonds. The number of aromatic hydroxyl groups is 1. The Morgan fingerprint density at radius 2 is 2.00 bits per heavy atom. The van der Waals surface area contributed by atoms with Crippen LogP contribution >= 0.6 is 27.5 Å². The molecule has 0 bridgehead atoms. The van der Waals surface area contributed by atoms with E-state index in [2.05, 4.69) is 21.2 Å². The normalized spacial score (nSPS) is 10.3. The van der Waals surface area contributed by atoms with Crippen LogP contribution in [0.25, 0.3) is 0 Å². The first kappa shape index (κ1) is 13.9. The molecule has 0 radical (unpaired) electrons. The topological polar surface area (TPSA) is 49.3 Å². The second-order valence-corrected chi connectivity index (χ2v) is 5.39. The number of rotatable bonds is 2. The Labute approximate surface area is 124 Å². The van der Waals surface area contributed by atoms with Gasteiger partial charge in [-0.15, -0.1) is 0 Å². The fourth-order valence-electron chi connectivity index (χ4n) is 1.61. The van der Waals surface area contributed by atoms with E-state index in [1.54, 1.807) is 30.3 Å². The minimum atomic E-state index is -0.317. The molecule has 19 heavy (non-hydrogen) atoms. The summed E-state index contributed by atoms with van der Waals surface area (Å²) in [5, 5.41) is 12.9. The number of halogens is 2. The maximum absolute atomic E-state index is 12.1. The molecule has 0 aromatic heterocycles. The van der Waals surface area contributed by atoms with E-state index >= 15 is 0 Å². The van der Waals surface area contributed by atoms with Gasteiger partial charge in [0.1, 0.15) is 5.75 Å². The molecular formula is C14H11BrClNO2. The molecule has 0 saturated heterocycles. The molecule has 0 heterocycles. The van der Waals surface area contributed by atoms with Crippen molar-refractivity contribution in [1.29, 1.82) is 0 Å². The molecule has 3 nitrogen and oxygen atoms in total. The summed E-state index contributed by atoms with van der Waals surface area (Å²) in [4.78, 5) is 12.1. The molecular weight excluding hydrogens is 330 g/mol. The lowest BCUT2D eigenvalue weighted by Crippen LogP contribution is -2.12. The quantitative estimate of drug-likeness (QED) is 0.798. The third kappa shape index (κ3) is 3.28. The van der Waals surface area contributed by atoms with Crippen LogP contribution in [0.2, 0.25) is 5.02 Å². The molecule has 2 aromatic carbocycles. The molecule has 0 aliphatic rings. The first-order valence-corrected chi connectivity index (χ1v) is 6.70. The van der Waals surface area contributed by atoms with E-state index in [-0.39, 0.29) is 11.7 Å². The summed E-state index contributed by atoms with van der Waals surface area (Å²) in [5.74, 6) is -0.277. The lowest BCUT2D eigenvalue weighted by Gasteiger charge is -2.09. The molecule has 0 unspecified atom stereocenters. The smallest absolute Gasteiger partial charge is 0.256 e. The van der Waals surface area contributed by atoms with Crippen LogP contribution in [0, 0.1) is 6.92 Å². The second-order valence-electron chi connectivity index (χ2n) is 4.10. The molecule has 2 rings (SSSR count). The Kier molecular flexibility index (Phi) is 4.12. The molecule has 98 valence electrons. The van der Waals surface area contributed by atoms with Crippen LogP contribution in [0.3, 0.4) is 0 Å². The zero-order chi connectivity index (χ0) is 14.0. The van der Waals surface area contributed by atoms with Gasteiger partial charge in [0.25, 0.3) is 5.91 Å². The van der Waals surface area contributed by atoms with Crippen molar-refractivity contribution < 1.29 is 9.90 Å². The number of phenols is 1. The number of nitrogens with one attached hydrogen (secondary N) is 1. The van der Waals surface area contributed by atoms with Crippen LogP contribution in [0.1, 0.15) is 15.9 Å². The first-order valence-electron chi connectivity index (χ1n) is 5.53. The van der Waals surface area contributed by atoms with Gasteiger partial charge in [0.05, 0.1) is 11.3 Å². The number of hydrogen-bond acceptors (Lipinski definition) is 2. The monoisotopic (exact) mass is 339 g/mol. The van der Waals surface area contributed by atoms with Gasteiger partial charge in [-0.1, -0.05) is 17.7 Å². The predicted octanol–water partition coefficient (Wildman–Crippen LogP) is 4.37. The Morgan fingerprint density at radius 3 is 2.63 bits per heavy atom. The van der Waals surface area contributed by atoms with Gasteiger partial charge in [-0.25, -0.2) is 0 Å². The van der Waals surface area contributed by atoms with Crippen LogP contribution in [0.5, 0.6) is 5.75 Å². The van der Waals surface area contributed by atoms with E-state index in [1.807, 2.05) is 13.0 Å². The molecule has 2 aromatic rings. The van der Waals surface area contributed by atoms with Gasteiger partial charge >= 0.3 is 0 Å². The number of amides is 1. The van der Waals surface area contributed by atoms with E-state index < -0.39 is 0 Å². The number of anilines is 1. The first-order chi connectivity index (χ1) is 8.97. The Morgan fingerprint density at radius 1 is 1.26 bits per heavy atom. The van der Waals surface area contributed by atoms with E-state index in [0.717, 1.165) is 5.56 Å². The summed E-state index contributed by atoms with van der Waals surface area (Å²) in [5.41, 5.74) is 1.74. The molecule has 0 fully saturated rings. The lowest BCUT2D eigenvalue weighted by molar-refractivity contribution is 0.102. The highest BCUT2D eigenvalue weighted by atomic mass is 79.9. The summed E-state index contributed by atoms with van der Waals surface area (Å²) in [7, 11) is 0. The standard InChI is InChI=1S/C14H11BrClNO2/c1-8-2-5-12(13(18)6-8)17-14(19)10-4-3-9(16)7-11(10)15/h2-7,18H,1H3,(H,17,19). The number of phenolic OH excluding ortho intramolecular Hbond substituents is 1. The van der Waals surface area contributed by atoms with Crippen molar-refractivity contribution in [2.45, 2.75) is 6.92 Å². The van der Waals surface area contributed by atoms with Crippen LogP contribution in [0.4, 0.5) is 5.69 Å². The van der Waals surface area contributed by atoms with E-state index in [1.165, 1.54) is 0 Å². The number of carbonyl (C=O) groups is 1. The third-order valence-electron chi connectivity index (χ3n) is 2.58. The summed E-state index contributed by atoms with van der Waals surface area (Å²) >= 11 is 9.11. The van der Waals surface area contributed by atoms with Crippen LogP contribution in [0.15, 0.2) is 40.9 Å². The van der Waals surface area contributed by atoms with Gasteiger partial charge in [0.15, 0.2) is 0 Å². The zero-order valence-electron chi connectivity index (χ0n) is 10.1. The lowest BCUT2D eigenvalue weighted by atomic mass is 10.2. The summed E-state index contributed by atoms with van der Waals surface area (Å²) in [6.45, 7) is 1.86. The summed E-state index contributed by atoms with van der Waals surface area (Å²) in [6, 6.07) is 9.96. The van der Waals surface area contributed by atoms with Gasteiger partial charge in [-0.3, -0.25) is 4.79 Å². The maximum atomic E-state index is 12.1. The van der Waals surface area contributed by atoms with Crippen molar-refractivity contribution in [3.8, 4) is 5.75 Å². The minimum absolute atomic E-state index is 0.0402. The highest BCUT2D eigenvalue weighted by Crippen LogP contribution is 2.26. The SMILES string of the molecule is Cc1ccc(NC(=O)c2ccc(Cl)cc2Br)c(O)c1. The number of hydrogen-bond donors (Lipinski definition) is 2. The Hall–Kier alpha value is -1.52. The van der Waals surface area contributed by atoms with Gasteiger partial charge < -0.3 is 10.4 Å². The van der Waals surface area contributed by atoms with Gasteiger partial charge in [-0.2, -0.15) is 0 Å². The van der Waals surface area contributed by atoms with E-state index in [9.17, 15) is 9.90 Å². The molecule has 0 aliphatic carbocycles.